The number of amides is 4. The summed E-state index contributed by atoms with van der Waals surface area (Å²) in [7, 11) is -10.5. The average molecular weight is 1440 g/mol. The summed E-state index contributed by atoms with van der Waals surface area (Å²) in [6.45, 7) is 5.33. The minimum Gasteiger partial charge on any atom is -0.457 e. The molecular weight excluding hydrogens is 1310 g/mol. The molecule has 2 rings (SSSR count). The Bertz CT molecular complexity index is 2200. The highest BCUT2D eigenvalue weighted by atomic mass is 31.2. The third-order valence-corrected chi connectivity index (χ3v) is 18.9. The molecule has 10 atom stereocenters. The maximum atomic E-state index is 14.1. The van der Waals surface area contributed by atoms with E-state index in [1.54, 1.807) is 0 Å². The first-order valence-corrected chi connectivity index (χ1v) is 41.0. The Morgan fingerprint density at radius 3 is 1.19 bits per heavy atom. The molecule has 2 aliphatic heterocycles. The van der Waals surface area contributed by atoms with Crippen LogP contribution < -0.4 is 21.3 Å². The molecule has 2 heterocycles. The topological polar surface area (TPSA) is 380 Å². The Morgan fingerprint density at radius 2 is 0.765 bits per heavy atom. The van der Waals surface area contributed by atoms with Crippen LogP contribution in [0.25, 0.3) is 0 Å². The number of aliphatic hydroxyl groups excluding tert-OH is 2. The van der Waals surface area contributed by atoms with Crippen molar-refractivity contribution in [1.82, 2.24) is 21.3 Å². The smallest absolute Gasteiger partial charge is 0.457 e. The summed E-state index contributed by atoms with van der Waals surface area (Å²) >= 11 is 0. The van der Waals surface area contributed by atoms with Crippen molar-refractivity contribution in [1.29, 1.82) is 0 Å². The van der Waals surface area contributed by atoms with E-state index in [0.717, 1.165) is 128 Å². The van der Waals surface area contributed by atoms with Crippen molar-refractivity contribution in [3.63, 3.8) is 0 Å². The molecule has 0 aliphatic carbocycles. The fourth-order valence-electron chi connectivity index (χ4n) is 12.2. The second-order valence-electron chi connectivity index (χ2n) is 26.7. The number of phosphoric acid groups is 2. The lowest BCUT2D eigenvalue weighted by Crippen LogP contribution is -2.68. The van der Waals surface area contributed by atoms with Crippen LogP contribution in [0.4, 0.5) is 0 Å². The predicted molar refractivity (Wildman–Crippen MR) is 373 cm³/mol. The monoisotopic (exact) mass is 1440 g/mol. The normalized spacial score (nSPS) is 21.2. The third-order valence-electron chi connectivity index (χ3n) is 17.8. The Kier molecular flexibility index (Phi) is 53.1. The zero-order chi connectivity index (χ0) is 72.1. The number of carbonyl (C=O) groups is 6. The van der Waals surface area contributed by atoms with E-state index in [2.05, 4.69) is 53.5 Å². The Labute approximate surface area is 586 Å². The molecule has 2 saturated heterocycles. The molecule has 0 aromatic rings. The molecule has 2 fully saturated rings. The average Bonchev–Trinajstić information content (AvgIpc) is 0.785. The van der Waals surface area contributed by atoms with E-state index in [1.165, 1.54) is 70.6 Å². The second kappa shape index (κ2) is 57.2. The van der Waals surface area contributed by atoms with Gasteiger partial charge in [0.15, 0.2) is 24.8 Å². The lowest BCUT2D eigenvalue weighted by Gasteiger charge is -2.47. The third kappa shape index (κ3) is 45.7. The van der Waals surface area contributed by atoms with E-state index in [1.807, 2.05) is 0 Å². The van der Waals surface area contributed by atoms with Gasteiger partial charge in [0.2, 0.25) is 23.6 Å². The zero-order valence-corrected chi connectivity index (χ0v) is 62.0. The van der Waals surface area contributed by atoms with Crippen molar-refractivity contribution in [3.8, 4) is 0 Å². The summed E-state index contributed by atoms with van der Waals surface area (Å²) in [4.78, 5) is 121. The number of carbonyl (C=O) groups excluding carboxylic acids is 6. The van der Waals surface area contributed by atoms with E-state index in [-0.39, 0.29) is 31.6 Å². The first-order valence-electron chi connectivity index (χ1n) is 37.9. The Morgan fingerprint density at radius 1 is 0.398 bits per heavy atom. The van der Waals surface area contributed by atoms with Crippen LogP contribution in [0.1, 0.15) is 310 Å². The highest BCUT2D eigenvalue weighted by molar-refractivity contribution is 7.46. The van der Waals surface area contributed by atoms with Gasteiger partial charge in [-0.05, 0) is 38.5 Å². The zero-order valence-electron chi connectivity index (χ0n) is 60.2. The van der Waals surface area contributed by atoms with Gasteiger partial charge >= 0.3 is 27.6 Å². The Hall–Kier alpha value is -3.20. The summed E-state index contributed by atoms with van der Waals surface area (Å²) in [5.74, 6) is -3.52. The van der Waals surface area contributed by atoms with Gasteiger partial charge in [0.1, 0.15) is 43.0 Å². The summed E-state index contributed by atoms with van der Waals surface area (Å²) in [5.41, 5.74) is 0. The van der Waals surface area contributed by atoms with E-state index in [9.17, 15) is 67.7 Å². The van der Waals surface area contributed by atoms with E-state index < -0.39 is 140 Å². The predicted octanol–water partition coefficient (Wildman–Crippen LogP) is 11.7. The largest absolute Gasteiger partial charge is 0.470 e. The summed E-state index contributed by atoms with van der Waals surface area (Å²) in [5, 5.41) is 34.1. The minimum atomic E-state index is -5.51. The van der Waals surface area contributed by atoms with Crippen LogP contribution in [0.5, 0.6) is 0 Å². The molecule has 98 heavy (non-hydrogen) atoms. The maximum Gasteiger partial charge on any atom is 0.470 e. The molecular formula is C70H132N4O22P2. The number of esters is 2. The minimum absolute atomic E-state index is 0.0405. The fourth-order valence-corrected chi connectivity index (χ4v) is 13.1. The first kappa shape index (κ1) is 90.9. The first-order chi connectivity index (χ1) is 47.2. The highest BCUT2D eigenvalue weighted by Gasteiger charge is 2.54. The van der Waals surface area contributed by atoms with Gasteiger partial charge in [-0.15, -0.1) is 0 Å². The van der Waals surface area contributed by atoms with Crippen LogP contribution >= 0.6 is 15.6 Å². The SMILES string of the molecule is CCCCCCCCCCCCCC(=O)N[C@H]1[C@H](OC[C@H]2O[C@H](OCCOP(=O)(O)O)[C@H](NC(=O)CCCCCNC(=O)CCCCCCC)[C@@H](OC(=O)CCCCCCCCCCCCC)[C@@H]2O)O[C@H](CO)[C@@H](OP(=O)(O)O)[C@@H]1OC(=O)CNC(=O)CCCCCCCCCCC. The van der Waals surface area contributed by atoms with Crippen LogP contribution in [-0.4, -0.2) is 166 Å². The van der Waals surface area contributed by atoms with Crippen LogP contribution in [0.3, 0.4) is 0 Å². The quantitative estimate of drug-likeness (QED) is 0.0154. The van der Waals surface area contributed by atoms with E-state index >= 15 is 0 Å². The van der Waals surface area contributed by atoms with Gasteiger partial charge in [-0.3, -0.25) is 37.8 Å². The summed E-state index contributed by atoms with van der Waals surface area (Å²) in [6.07, 6.45) is 24.2. The molecule has 0 aromatic carbocycles. The van der Waals surface area contributed by atoms with Crippen molar-refractivity contribution in [3.05, 3.63) is 0 Å². The van der Waals surface area contributed by atoms with E-state index in [0.29, 0.717) is 64.3 Å². The van der Waals surface area contributed by atoms with Gasteiger partial charge in [0.05, 0.1) is 26.4 Å². The van der Waals surface area contributed by atoms with Gasteiger partial charge < -0.3 is 79.5 Å². The van der Waals surface area contributed by atoms with Crippen LogP contribution in [0, 0.1) is 0 Å². The highest BCUT2D eigenvalue weighted by Crippen LogP contribution is 2.43. The van der Waals surface area contributed by atoms with Crippen LogP contribution in [0.15, 0.2) is 0 Å². The molecule has 28 heteroatoms. The van der Waals surface area contributed by atoms with Crippen molar-refractivity contribution in [2.75, 3.05) is 39.5 Å². The lowest BCUT2D eigenvalue weighted by molar-refractivity contribution is -0.304. The molecule has 10 N–H and O–H groups in total. The summed E-state index contributed by atoms with van der Waals surface area (Å²) in [6, 6.07) is -3.15. The molecule has 0 aromatic heterocycles. The van der Waals surface area contributed by atoms with Crippen molar-refractivity contribution >= 4 is 51.2 Å². The number of unbranched alkanes of at least 4 members (excludes halogenated alkanes) is 34. The van der Waals surface area contributed by atoms with Crippen molar-refractivity contribution in [2.24, 2.45) is 0 Å². The number of hydrogen-bond donors (Lipinski definition) is 10. The molecule has 0 saturated carbocycles. The number of aliphatic hydroxyl groups is 2. The van der Waals surface area contributed by atoms with Crippen LogP contribution in [0.2, 0.25) is 0 Å². The number of hydrogen-bond acceptors (Lipinski definition) is 18. The number of phosphoric ester groups is 2. The molecule has 0 unspecified atom stereocenters. The second-order valence-corrected chi connectivity index (χ2v) is 29.1. The number of rotatable bonds is 63. The number of nitrogens with one attached hydrogen (secondary N) is 4. The molecule has 4 amide bonds. The molecule has 0 spiro atoms. The van der Waals surface area contributed by atoms with Gasteiger partial charge in [-0.2, -0.15) is 0 Å². The molecule has 0 radical (unpaired) electrons. The lowest BCUT2D eigenvalue weighted by atomic mass is 9.95. The maximum absolute atomic E-state index is 14.1. The molecule has 574 valence electrons. The van der Waals surface area contributed by atoms with E-state index in [4.69, 9.17) is 32.9 Å². The molecule has 0 bridgehead atoms. The van der Waals surface area contributed by atoms with Gasteiger partial charge in [0.25, 0.3) is 0 Å². The molecule has 2 aliphatic rings. The molecule has 26 nitrogen and oxygen atoms in total. The van der Waals surface area contributed by atoms with Gasteiger partial charge in [0, 0.05) is 38.6 Å². The standard InChI is InChI=1S/C70H132N4O22P2/c1-5-9-13-17-20-23-25-28-31-35-40-46-60(79)74-64-68(95-62(81)52-72-58(77)45-39-34-30-27-22-19-15-11-7-3)66(96-98(86,87)88)55(53-75)92-70(64)90-54-56-65(82)67(94-61(80)48-42-36-32-29-26-24-21-18-14-10-6-2)63(69(93-56)89-50-51-91-97(83,84)85)73-59(78)47-41-37-43-49-71-57(76)44-38-33-16-12-8-4/h55-56,63-70,75,82H,5-54H2,1-4H3,(H,71,76)(H,72,77)(H,73,78)(H,74,79)(H2,83,84,85)(H2,86,87,88)/t55-,56-,63-,64-,65-,66-,67-,68-,69+,70-/m1/s1. The number of ether oxygens (including phenoxy) is 6. The van der Waals surface area contributed by atoms with Crippen molar-refractivity contribution in [2.45, 2.75) is 371 Å². The van der Waals surface area contributed by atoms with Crippen molar-refractivity contribution < 1.29 is 105 Å². The van der Waals surface area contributed by atoms with Crippen LogP contribution in [-0.2, 0) is 75.4 Å². The van der Waals surface area contributed by atoms with Gasteiger partial charge in [-0.1, -0.05) is 240 Å². The van der Waals surface area contributed by atoms with Gasteiger partial charge in [-0.25, -0.2) is 9.13 Å². The fraction of sp³-hybridized carbons (Fsp3) is 0.914. The summed E-state index contributed by atoms with van der Waals surface area (Å²) < 4.78 is 70.9. The Balaban J connectivity index is 2.51.